The minimum Gasteiger partial charge on any atom is -0.369 e. The van der Waals surface area contributed by atoms with E-state index in [4.69, 9.17) is 0 Å². The van der Waals surface area contributed by atoms with Gasteiger partial charge in [0.25, 0.3) is 5.56 Å². The smallest absolute Gasteiger partial charge is 0.281 e. The summed E-state index contributed by atoms with van der Waals surface area (Å²) >= 11 is 0. The summed E-state index contributed by atoms with van der Waals surface area (Å²) in [5.74, 6) is 0.124. The molecular weight excluding hydrogens is 538 g/mol. The number of nitrogens with one attached hydrogen (secondary N) is 2. The Morgan fingerprint density at radius 1 is 1.02 bits per heavy atom. The Kier molecular flexibility index (Phi) is 7.90. The third kappa shape index (κ3) is 5.78. The lowest BCUT2D eigenvalue weighted by Gasteiger charge is -2.36. The van der Waals surface area contributed by atoms with Crippen LogP contribution in [-0.4, -0.2) is 73.6 Å². The third-order valence-corrected chi connectivity index (χ3v) is 9.83. The largest absolute Gasteiger partial charge is 0.369 e. The van der Waals surface area contributed by atoms with Gasteiger partial charge in [-0.05, 0) is 56.5 Å². The van der Waals surface area contributed by atoms with Gasteiger partial charge >= 0.3 is 0 Å². The number of piperazine rings is 1. The number of fused-ring (bicyclic) bond motifs is 3. The summed E-state index contributed by atoms with van der Waals surface area (Å²) in [7, 11) is -1.60. The predicted molar refractivity (Wildman–Crippen MR) is 160 cm³/mol. The molecule has 1 aliphatic carbocycles. The van der Waals surface area contributed by atoms with Crippen LogP contribution in [0.2, 0.25) is 0 Å². The number of rotatable bonds is 6. The van der Waals surface area contributed by atoms with Crippen LogP contribution < -0.4 is 15.8 Å². The molecule has 0 radical (unpaired) electrons. The summed E-state index contributed by atoms with van der Waals surface area (Å²) in [4.78, 5) is 35.0. The molecule has 3 heterocycles. The maximum atomic E-state index is 13.5. The Balaban J connectivity index is 1.18. The average Bonchev–Trinajstić information content (AvgIpc) is 3.21. The van der Waals surface area contributed by atoms with Crippen molar-refractivity contribution >= 4 is 38.9 Å². The van der Waals surface area contributed by atoms with E-state index in [0.717, 1.165) is 55.8 Å². The van der Waals surface area contributed by atoms with E-state index in [1.807, 2.05) is 44.2 Å². The number of aromatic amines is 1. The monoisotopic (exact) mass is 575 g/mol. The first kappa shape index (κ1) is 27.6. The van der Waals surface area contributed by atoms with E-state index in [-0.39, 0.29) is 22.1 Å². The summed E-state index contributed by atoms with van der Waals surface area (Å²) in [5, 5.41) is 11.2. The molecule has 2 aliphatic rings. The molecule has 1 atom stereocenters. The van der Waals surface area contributed by atoms with Gasteiger partial charge in [-0.2, -0.15) is 4.98 Å². The zero-order chi connectivity index (χ0) is 28.5. The van der Waals surface area contributed by atoms with Gasteiger partial charge < -0.3 is 10.2 Å². The molecule has 0 spiro atoms. The van der Waals surface area contributed by atoms with E-state index in [9.17, 15) is 13.8 Å². The Hall–Kier alpha value is -3.57. The standard InChI is InChI=1S/C30H37N7O3S/c1-20-9-12-26(21(2)17-20)41(40)30-28-32-29(39)24-11-10-23(18-25(24)37(28)34-33-30)36-15-13-35(14-16-36)19-27(38)31-22-7-5-3-4-6-8-22/h9-12,17-18,22,34H,3-8,13-16,19H2,1-2H3,(H,31,38). The SMILES string of the molecule is Cc1ccc(S(=O)c2n[nH]n3c2nc(=O)c2ccc(N4CCN(CC(=O)NC5CCCCCC5)CC4)cc23)c(C)c1. The number of amides is 1. The molecule has 216 valence electrons. The Morgan fingerprint density at radius 2 is 1.78 bits per heavy atom. The first-order valence-electron chi connectivity index (χ1n) is 14.5. The van der Waals surface area contributed by atoms with Gasteiger partial charge in [-0.3, -0.25) is 14.5 Å². The highest BCUT2D eigenvalue weighted by molar-refractivity contribution is 7.85. The Labute approximate surface area is 241 Å². The second-order valence-corrected chi connectivity index (χ2v) is 12.7. The molecule has 2 fully saturated rings. The van der Waals surface area contributed by atoms with Gasteiger partial charge in [0.1, 0.15) is 10.8 Å². The molecule has 6 rings (SSSR count). The minimum atomic E-state index is -1.60. The maximum absolute atomic E-state index is 13.5. The average molecular weight is 576 g/mol. The van der Waals surface area contributed by atoms with Crippen LogP contribution in [0.25, 0.3) is 16.6 Å². The summed E-state index contributed by atoms with van der Waals surface area (Å²) in [6.07, 6.45) is 7.13. The van der Waals surface area contributed by atoms with Crippen LogP contribution in [0, 0.1) is 13.8 Å². The van der Waals surface area contributed by atoms with Gasteiger partial charge in [-0.25, -0.2) is 13.9 Å². The lowest BCUT2D eigenvalue weighted by atomic mass is 10.1. The third-order valence-electron chi connectivity index (χ3n) is 8.35. The number of benzene rings is 2. The highest BCUT2D eigenvalue weighted by Gasteiger charge is 2.23. The van der Waals surface area contributed by atoms with Crippen molar-refractivity contribution in [2.24, 2.45) is 0 Å². The van der Waals surface area contributed by atoms with E-state index < -0.39 is 10.8 Å². The normalized spacial score (nSPS) is 18.0. The Bertz CT molecular complexity index is 1660. The van der Waals surface area contributed by atoms with Crippen LogP contribution in [0.4, 0.5) is 5.69 Å². The van der Waals surface area contributed by atoms with E-state index >= 15 is 0 Å². The van der Waals surface area contributed by atoms with Crippen molar-refractivity contribution in [3.8, 4) is 0 Å². The van der Waals surface area contributed by atoms with Gasteiger partial charge in [-0.15, -0.1) is 5.10 Å². The second-order valence-electron chi connectivity index (χ2n) is 11.4. The molecular formula is C30H37N7O3S. The van der Waals surface area contributed by atoms with Gasteiger partial charge in [0.15, 0.2) is 10.7 Å². The van der Waals surface area contributed by atoms with E-state index in [0.29, 0.717) is 28.4 Å². The number of anilines is 1. The first-order valence-corrected chi connectivity index (χ1v) is 15.7. The second kappa shape index (κ2) is 11.7. The van der Waals surface area contributed by atoms with Crippen LogP contribution in [0.15, 0.2) is 51.1 Å². The zero-order valence-electron chi connectivity index (χ0n) is 23.7. The fraction of sp³-hybridized carbons (Fsp3) is 0.467. The van der Waals surface area contributed by atoms with E-state index in [1.165, 1.54) is 25.7 Å². The molecule has 10 nitrogen and oxygen atoms in total. The fourth-order valence-electron chi connectivity index (χ4n) is 6.09. The van der Waals surface area contributed by atoms with Crippen LogP contribution in [0.5, 0.6) is 0 Å². The van der Waals surface area contributed by atoms with Crippen LogP contribution in [-0.2, 0) is 15.6 Å². The molecule has 1 amide bonds. The predicted octanol–water partition coefficient (Wildman–Crippen LogP) is 3.32. The highest BCUT2D eigenvalue weighted by Crippen LogP contribution is 2.26. The lowest BCUT2D eigenvalue weighted by molar-refractivity contribution is -0.123. The number of carbonyl (C=O) groups excluding carboxylic acids is 1. The van der Waals surface area contributed by atoms with Crippen LogP contribution in [0.3, 0.4) is 0 Å². The summed E-state index contributed by atoms with van der Waals surface area (Å²) in [6, 6.07) is 11.7. The van der Waals surface area contributed by atoms with Crippen LogP contribution >= 0.6 is 0 Å². The topological polar surface area (TPSA) is 116 Å². The van der Waals surface area contributed by atoms with E-state index in [2.05, 4.69) is 30.4 Å². The van der Waals surface area contributed by atoms with Crippen molar-refractivity contribution in [1.29, 1.82) is 0 Å². The van der Waals surface area contributed by atoms with Crippen LogP contribution in [0.1, 0.15) is 49.7 Å². The molecule has 1 saturated carbocycles. The van der Waals surface area contributed by atoms with Crippen molar-refractivity contribution in [1.82, 2.24) is 30.0 Å². The molecule has 1 unspecified atom stereocenters. The Morgan fingerprint density at radius 3 is 2.51 bits per heavy atom. The van der Waals surface area contributed by atoms with Gasteiger partial charge in [0, 0.05) is 42.8 Å². The summed E-state index contributed by atoms with van der Waals surface area (Å²) in [6.45, 7) is 7.45. The summed E-state index contributed by atoms with van der Waals surface area (Å²) < 4.78 is 15.1. The van der Waals surface area contributed by atoms with E-state index in [1.54, 1.807) is 10.6 Å². The number of hydrogen-bond acceptors (Lipinski definition) is 7. The lowest BCUT2D eigenvalue weighted by Crippen LogP contribution is -2.50. The number of nitrogens with zero attached hydrogens (tertiary/aromatic N) is 5. The minimum absolute atomic E-state index is 0.124. The quantitative estimate of drug-likeness (QED) is 0.339. The molecule has 1 saturated heterocycles. The van der Waals surface area contributed by atoms with Crippen molar-refractivity contribution in [2.45, 2.75) is 68.3 Å². The maximum Gasteiger partial charge on any atom is 0.281 e. The molecule has 2 N–H and O–H groups in total. The molecule has 2 aromatic carbocycles. The van der Waals surface area contributed by atoms with Crippen molar-refractivity contribution < 1.29 is 9.00 Å². The first-order chi connectivity index (χ1) is 19.9. The molecule has 1 aliphatic heterocycles. The number of aryl methyl sites for hydroxylation is 2. The molecule has 2 aromatic heterocycles. The van der Waals surface area contributed by atoms with Gasteiger partial charge in [-0.1, -0.05) is 43.4 Å². The van der Waals surface area contributed by atoms with Crippen molar-refractivity contribution in [2.75, 3.05) is 37.6 Å². The number of carbonyl (C=O) groups is 1. The fourth-order valence-corrected chi connectivity index (χ4v) is 7.27. The number of H-pyrrole nitrogens is 1. The van der Waals surface area contributed by atoms with Gasteiger partial charge in [0.2, 0.25) is 5.91 Å². The zero-order valence-corrected chi connectivity index (χ0v) is 24.5. The van der Waals surface area contributed by atoms with Gasteiger partial charge in [0.05, 0.1) is 17.4 Å². The highest BCUT2D eigenvalue weighted by atomic mass is 32.2. The molecule has 4 aromatic rings. The van der Waals surface area contributed by atoms with Crippen molar-refractivity contribution in [3.05, 3.63) is 57.9 Å². The number of hydrogen-bond donors (Lipinski definition) is 2. The molecule has 11 heteroatoms. The molecule has 0 bridgehead atoms. The number of aromatic nitrogens is 4. The molecule has 41 heavy (non-hydrogen) atoms. The summed E-state index contributed by atoms with van der Waals surface area (Å²) in [5.41, 5.74) is 3.49. The van der Waals surface area contributed by atoms with Crippen molar-refractivity contribution in [3.63, 3.8) is 0 Å².